The lowest BCUT2D eigenvalue weighted by molar-refractivity contribution is 0.0601. The number of methoxy groups -OCH3 is 1. The fraction of sp³-hybridized carbons (Fsp3) is 0.389. The van der Waals surface area contributed by atoms with Crippen molar-refractivity contribution in [3.63, 3.8) is 0 Å². The Hall–Kier alpha value is -2.63. The third-order valence-electron chi connectivity index (χ3n) is 4.34. The number of esters is 1. The maximum Gasteiger partial charge on any atom is 0.337 e. The lowest BCUT2D eigenvalue weighted by Gasteiger charge is -2.31. The summed E-state index contributed by atoms with van der Waals surface area (Å²) in [5.41, 5.74) is 1.38. The quantitative estimate of drug-likeness (QED) is 0.870. The molecule has 0 bridgehead atoms. The number of hydrogen-bond acceptors (Lipinski definition) is 6. The Morgan fingerprint density at radius 2 is 1.92 bits per heavy atom. The van der Waals surface area contributed by atoms with E-state index in [-0.39, 0.29) is 5.97 Å². The van der Waals surface area contributed by atoms with Gasteiger partial charge in [0.1, 0.15) is 18.0 Å². The van der Waals surface area contributed by atoms with E-state index in [9.17, 15) is 4.79 Å². The maximum absolute atomic E-state index is 11.5. The highest BCUT2D eigenvalue weighted by atomic mass is 16.5. The Labute approximate surface area is 141 Å². The van der Waals surface area contributed by atoms with E-state index in [2.05, 4.69) is 27.1 Å². The number of benzene rings is 1. The van der Waals surface area contributed by atoms with Gasteiger partial charge in [-0.3, -0.25) is 0 Å². The van der Waals surface area contributed by atoms with Crippen molar-refractivity contribution in [2.75, 3.05) is 30.4 Å². The van der Waals surface area contributed by atoms with Crippen molar-refractivity contribution in [2.45, 2.75) is 19.8 Å². The highest BCUT2D eigenvalue weighted by Crippen LogP contribution is 2.23. The van der Waals surface area contributed by atoms with Crippen molar-refractivity contribution in [3.05, 3.63) is 42.2 Å². The number of aromatic nitrogens is 2. The fourth-order valence-electron chi connectivity index (χ4n) is 2.78. The van der Waals surface area contributed by atoms with E-state index < -0.39 is 0 Å². The van der Waals surface area contributed by atoms with Crippen LogP contribution in [0, 0.1) is 5.92 Å². The van der Waals surface area contributed by atoms with E-state index in [1.165, 1.54) is 20.0 Å². The second kappa shape index (κ2) is 7.29. The van der Waals surface area contributed by atoms with E-state index >= 15 is 0 Å². The standard InChI is InChI=1S/C18H22N4O2/c1-13-7-9-22(10-8-13)17-11-16(19-12-20-17)21-15-5-3-14(4-6-15)18(23)24-2/h3-6,11-13H,7-10H2,1-2H3,(H,19,20,21). The molecule has 6 nitrogen and oxygen atoms in total. The average molecular weight is 326 g/mol. The van der Waals surface area contributed by atoms with Crippen LogP contribution in [-0.2, 0) is 4.74 Å². The number of rotatable bonds is 4. The van der Waals surface area contributed by atoms with Crippen LogP contribution < -0.4 is 10.2 Å². The molecule has 0 atom stereocenters. The number of nitrogens with one attached hydrogen (secondary N) is 1. The van der Waals surface area contributed by atoms with Gasteiger partial charge in [0.05, 0.1) is 12.7 Å². The molecule has 1 aromatic heterocycles. The summed E-state index contributed by atoms with van der Waals surface area (Å²) in [5, 5.41) is 3.25. The third-order valence-corrected chi connectivity index (χ3v) is 4.34. The molecule has 1 aliphatic rings. The second-order valence-electron chi connectivity index (χ2n) is 6.12. The molecule has 1 saturated heterocycles. The molecular weight excluding hydrogens is 304 g/mol. The zero-order valence-electron chi connectivity index (χ0n) is 14.0. The number of carbonyl (C=O) groups excluding carboxylic acids is 1. The lowest BCUT2D eigenvalue weighted by Crippen LogP contribution is -2.33. The minimum atomic E-state index is -0.342. The summed E-state index contributed by atoms with van der Waals surface area (Å²) >= 11 is 0. The topological polar surface area (TPSA) is 67.3 Å². The van der Waals surface area contributed by atoms with Crippen molar-refractivity contribution >= 4 is 23.3 Å². The minimum absolute atomic E-state index is 0.342. The van der Waals surface area contributed by atoms with Crippen LogP contribution in [0.3, 0.4) is 0 Å². The zero-order chi connectivity index (χ0) is 16.9. The van der Waals surface area contributed by atoms with Gasteiger partial charge in [-0.1, -0.05) is 6.92 Å². The van der Waals surface area contributed by atoms with Crippen molar-refractivity contribution in [2.24, 2.45) is 5.92 Å². The van der Waals surface area contributed by atoms with Gasteiger partial charge in [0.25, 0.3) is 0 Å². The predicted octanol–water partition coefficient (Wildman–Crippen LogP) is 3.24. The molecule has 0 spiro atoms. The van der Waals surface area contributed by atoms with Crippen molar-refractivity contribution < 1.29 is 9.53 Å². The molecule has 0 saturated carbocycles. The normalized spacial score (nSPS) is 15.2. The molecule has 1 fully saturated rings. The Balaban J connectivity index is 1.69. The molecule has 0 radical (unpaired) electrons. The fourth-order valence-corrected chi connectivity index (χ4v) is 2.78. The molecule has 1 aliphatic heterocycles. The van der Waals surface area contributed by atoms with Gasteiger partial charge in [0.2, 0.25) is 0 Å². The first-order valence-corrected chi connectivity index (χ1v) is 8.18. The summed E-state index contributed by atoms with van der Waals surface area (Å²) in [6.07, 6.45) is 3.97. The molecule has 0 amide bonds. The molecule has 3 rings (SSSR count). The summed E-state index contributed by atoms with van der Waals surface area (Å²) in [4.78, 5) is 22.4. The SMILES string of the molecule is COC(=O)c1ccc(Nc2cc(N3CCC(C)CC3)ncn2)cc1. The van der Waals surface area contributed by atoms with E-state index in [1.807, 2.05) is 18.2 Å². The summed E-state index contributed by atoms with van der Waals surface area (Å²) in [7, 11) is 1.37. The molecule has 0 aliphatic carbocycles. The molecule has 24 heavy (non-hydrogen) atoms. The largest absolute Gasteiger partial charge is 0.465 e. The van der Waals surface area contributed by atoms with Gasteiger partial charge in [-0.05, 0) is 43.0 Å². The predicted molar refractivity (Wildman–Crippen MR) is 93.7 cm³/mol. The van der Waals surface area contributed by atoms with Crippen LogP contribution in [0.15, 0.2) is 36.7 Å². The van der Waals surface area contributed by atoms with Gasteiger partial charge in [-0.2, -0.15) is 0 Å². The van der Waals surface area contributed by atoms with Gasteiger partial charge in [-0.25, -0.2) is 14.8 Å². The molecule has 2 heterocycles. The summed E-state index contributed by atoms with van der Waals surface area (Å²) in [6, 6.07) is 9.07. The van der Waals surface area contributed by atoms with Crippen molar-refractivity contribution in [3.8, 4) is 0 Å². The van der Waals surface area contributed by atoms with Gasteiger partial charge < -0.3 is 15.0 Å². The number of nitrogens with zero attached hydrogens (tertiary/aromatic N) is 3. The summed E-state index contributed by atoms with van der Waals surface area (Å²) in [5.74, 6) is 2.13. The zero-order valence-corrected chi connectivity index (χ0v) is 14.0. The van der Waals surface area contributed by atoms with Crippen LogP contribution in [0.1, 0.15) is 30.1 Å². The van der Waals surface area contributed by atoms with Crippen LogP contribution >= 0.6 is 0 Å². The van der Waals surface area contributed by atoms with Crippen LogP contribution in [-0.4, -0.2) is 36.1 Å². The van der Waals surface area contributed by atoms with E-state index in [1.54, 1.807) is 18.5 Å². The van der Waals surface area contributed by atoms with Crippen LogP contribution in [0.2, 0.25) is 0 Å². The van der Waals surface area contributed by atoms with Crippen molar-refractivity contribution in [1.82, 2.24) is 9.97 Å². The highest BCUT2D eigenvalue weighted by molar-refractivity contribution is 5.89. The number of hydrogen-bond donors (Lipinski definition) is 1. The van der Waals surface area contributed by atoms with Gasteiger partial charge >= 0.3 is 5.97 Å². The van der Waals surface area contributed by atoms with Crippen LogP contribution in [0.5, 0.6) is 0 Å². The molecule has 1 aromatic carbocycles. The number of piperidine rings is 1. The molecule has 126 valence electrons. The minimum Gasteiger partial charge on any atom is -0.465 e. The Morgan fingerprint density at radius 3 is 2.58 bits per heavy atom. The molecule has 0 unspecified atom stereocenters. The Morgan fingerprint density at radius 1 is 1.21 bits per heavy atom. The Kier molecular flexibility index (Phi) is 4.93. The van der Waals surface area contributed by atoms with E-state index in [0.29, 0.717) is 5.56 Å². The van der Waals surface area contributed by atoms with E-state index in [4.69, 9.17) is 4.74 Å². The smallest absolute Gasteiger partial charge is 0.337 e. The maximum atomic E-state index is 11.5. The van der Waals surface area contributed by atoms with Gasteiger partial charge in [-0.15, -0.1) is 0 Å². The summed E-state index contributed by atoms with van der Waals surface area (Å²) in [6.45, 7) is 4.36. The Bertz CT molecular complexity index is 694. The van der Waals surface area contributed by atoms with Gasteiger partial charge in [0, 0.05) is 24.8 Å². The monoisotopic (exact) mass is 326 g/mol. The molecular formula is C18H22N4O2. The highest BCUT2D eigenvalue weighted by Gasteiger charge is 2.17. The third kappa shape index (κ3) is 3.82. The lowest BCUT2D eigenvalue weighted by atomic mass is 9.99. The summed E-state index contributed by atoms with van der Waals surface area (Å²) < 4.78 is 4.70. The average Bonchev–Trinajstić information content (AvgIpc) is 2.62. The van der Waals surface area contributed by atoms with E-state index in [0.717, 1.165) is 36.3 Å². The van der Waals surface area contributed by atoms with Crippen molar-refractivity contribution in [1.29, 1.82) is 0 Å². The molecule has 6 heteroatoms. The molecule has 1 N–H and O–H groups in total. The second-order valence-corrected chi connectivity index (χ2v) is 6.12. The van der Waals surface area contributed by atoms with Gasteiger partial charge in [0.15, 0.2) is 0 Å². The molecule has 2 aromatic rings. The first-order valence-electron chi connectivity index (χ1n) is 8.18. The number of ether oxygens (including phenoxy) is 1. The number of carbonyl (C=O) groups is 1. The number of anilines is 3. The first kappa shape index (κ1) is 16.2. The van der Waals surface area contributed by atoms with Crippen LogP contribution in [0.4, 0.5) is 17.3 Å². The van der Waals surface area contributed by atoms with Crippen LogP contribution in [0.25, 0.3) is 0 Å². The first-order chi connectivity index (χ1) is 11.7.